The first kappa shape index (κ1) is 15.4. The van der Waals surface area contributed by atoms with Crippen LogP contribution in [0.3, 0.4) is 0 Å². The summed E-state index contributed by atoms with van der Waals surface area (Å²) in [7, 11) is 0. The summed E-state index contributed by atoms with van der Waals surface area (Å²) in [6, 6.07) is 6.06. The highest BCUT2D eigenvalue weighted by atomic mass is 19.4. The topological polar surface area (TPSA) is 37.8 Å². The molecule has 2 aromatic rings. The Balaban J connectivity index is 2.61. The van der Waals surface area contributed by atoms with Crippen LogP contribution >= 0.6 is 0 Å². The van der Waals surface area contributed by atoms with Crippen molar-refractivity contribution >= 4 is 16.7 Å². The van der Waals surface area contributed by atoms with Gasteiger partial charge < -0.3 is 5.32 Å². The molecule has 0 fully saturated rings. The van der Waals surface area contributed by atoms with Gasteiger partial charge in [0.05, 0.1) is 5.52 Å². The molecule has 2 rings (SSSR count). The third-order valence-corrected chi connectivity index (χ3v) is 2.78. The predicted octanol–water partition coefficient (Wildman–Crippen LogP) is 4.11. The number of nitrogens with one attached hydrogen (secondary N) is 1. The number of benzene rings is 1. The molecule has 0 bridgehead atoms. The quantitative estimate of drug-likeness (QED) is 0.864. The van der Waals surface area contributed by atoms with Crippen molar-refractivity contribution in [1.29, 1.82) is 0 Å². The van der Waals surface area contributed by atoms with E-state index in [9.17, 15) is 22.0 Å². The van der Waals surface area contributed by atoms with Crippen LogP contribution in [-0.4, -0.2) is 22.7 Å². The normalized spacial score (nSPS) is 12.7. The highest BCUT2D eigenvalue weighted by Crippen LogP contribution is 2.43. The first-order valence-corrected chi connectivity index (χ1v) is 6.23. The van der Waals surface area contributed by atoms with Gasteiger partial charge in [-0.05, 0) is 18.6 Å². The van der Waals surface area contributed by atoms with Crippen molar-refractivity contribution in [1.82, 2.24) is 9.97 Å². The lowest BCUT2D eigenvalue weighted by atomic mass is 10.2. The molecule has 0 saturated carbocycles. The zero-order valence-electron chi connectivity index (χ0n) is 11.0. The minimum Gasteiger partial charge on any atom is -0.369 e. The van der Waals surface area contributed by atoms with Gasteiger partial charge in [-0.25, -0.2) is 9.97 Å². The highest BCUT2D eigenvalue weighted by Gasteiger charge is 2.61. The van der Waals surface area contributed by atoms with E-state index in [-0.39, 0.29) is 11.3 Å². The predicted molar refractivity (Wildman–Crippen MR) is 68.3 cm³/mol. The molecule has 0 unspecified atom stereocenters. The summed E-state index contributed by atoms with van der Waals surface area (Å²) in [4.78, 5) is 6.75. The van der Waals surface area contributed by atoms with Gasteiger partial charge >= 0.3 is 12.1 Å². The van der Waals surface area contributed by atoms with Gasteiger partial charge in [0.15, 0.2) is 0 Å². The molecule has 1 aromatic carbocycles. The average molecular weight is 305 g/mol. The summed E-state index contributed by atoms with van der Waals surface area (Å²) < 4.78 is 64.2. The Kier molecular flexibility index (Phi) is 3.97. The Hall–Kier alpha value is -1.99. The molecule has 1 aromatic heterocycles. The number of rotatable bonds is 4. The Morgan fingerprint density at radius 2 is 1.71 bits per heavy atom. The molecule has 0 aliphatic heterocycles. The maximum atomic E-state index is 13.4. The highest BCUT2D eigenvalue weighted by molar-refractivity contribution is 5.89. The van der Waals surface area contributed by atoms with E-state index in [1.807, 2.05) is 6.92 Å². The minimum atomic E-state index is -5.74. The van der Waals surface area contributed by atoms with Crippen LogP contribution in [0.1, 0.15) is 19.2 Å². The van der Waals surface area contributed by atoms with Crippen LogP contribution < -0.4 is 5.32 Å². The molecule has 3 nitrogen and oxygen atoms in total. The van der Waals surface area contributed by atoms with Gasteiger partial charge in [0.25, 0.3) is 0 Å². The Labute approximate surface area is 117 Å². The summed E-state index contributed by atoms with van der Waals surface area (Å²) in [6.45, 7) is 2.24. The van der Waals surface area contributed by atoms with Gasteiger partial charge in [0.1, 0.15) is 5.82 Å². The molecule has 8 heteroatoms. The second kappa shape index (κ2) is 5.42. The maximum Gasteiger partial charge on any atom is 0.461 e. The first-order valence-electron chi connectivity index (χ1n) is 6.23. The third kappa shape index (κ3) is 2.88. The molecule has 114 valence electrons. The van der Waals surface area contributed by atoms with Crippen molar-refractivity contribution in [3.05, 3.63) is 30.1 Å². The fourth-order valence-electron chi connectivity index (χ4n) is 1.72. The number of fused-ring (bicyclic) bond motifs is 1. The molecule has 0 saturated heterocycles. The van der Waals surface area contributed by atoms with Crippen LogP contribution in [0.15, 0.2) is 24.3 Å². The standard InChI is InChI=1S/C13H12F5N3/c1-2-7-19-10-8-5-3-4-6-9(8)20-11(21-10)12(14,15)13(16,17)18/h3-6H,2,7H2,1H3,(H,19,20,21). The van der Waals surface area contributed by atoms with Crippen molar-refractivity contribution in [2.75, 3.05) is 11.9 Å². The summed E-state index contributed by atoms with van der Waals surface area (Å²) in [5.74, 6) is -6.67. The van der Waals surface area contributed by atoms with Crippen molar-refractivity contribution in [3.63, 3.8) is 0 Å². The fourth-order valence-corrected chi connectivity index (χ4v) is 1.72. The molecule has 1 heterocycles. The number of alkyl halides is 5. The number of para-hydroxylation sites is 1. The van der Waals surface area contributed by atoms with Crippen LogP contribution in [0.2, 0.25) is 0 Å². The molecule has 1 N–H and O–H groups in total. The van der Waals surface area contributed by atoms with Crippen molar-refractivity contribution in [2.24, 2.45) is 0 Å². The summed E-state index contributed by atoms with van der Waals surface area (Å²) >= 11 is 0. The van der Waals surface area contributed by atoms with E-state index in [0.717, 1.165) is 0 Å². The number of anilines is 1. The molecular weight excluding hydrogens is 293 g/mol. The summed E-state index contributed by atoms with van der Waals surface area (Å²) in [5.41, 5.74) is 0.0324. The number of hydrogen-bond donors (Lipinski definition) is 1. The monoisotopic (exact) mass is 305 g/mol. The van der Waals surface area contributed by atoms with Gasteiger partial charge in [-0.2, -0.15) is 22.0 Å². The van der Waals surface area contributed by atoms with Crippen LogP contribution in [0.25, 0.3) is 10.9 Å². The van der Waals surface area contributed by atoms with Crippen molar-refractivity contribution < 1.29 is 22.0 Å². The van der Waals surface area contributed by atoms with Crippen molar-refractivity contribution in [2.45, 2.75) is 25.4 Å². The Bertz CT molecular complexity index is 639. The number of aromatic nitrogens is 2. The fraction of sp³-hybridized carbons (Fsp3) is 0.385. The van der Waals surface area contributed by atoms with Crippen LogP contribution in [0.5, 0.6) is 0 Å². The lowest BCUT2D eigenvalue weighted by Gasteiger charge is -2.19. The first-order chi connectivity index (χ1) is 9.77. The van der Waals surface area contributed by atoms with Gasteiger partial charge in [-0.3, -0.25) is 0 Å². The van der Waals surface area contributed by atoms with E-state index in [0.29, 0.717) is 18.4 Å². The largest absolute Gasteiger partial charge is 0.461 e. The number of hydrogen-bond acceptors (Lipinski definition) is 3. The molecule has 0 radical (unpaired) electrons. The lowest BCUT2D eigenvalue weighted by Crippen LogP contribution is -2.35. The molecular formula is C13H12F5N3. The van der Waals surface area contributed by atoms with Crippen LogP contribution in [0, 0.1) is 0 Å². The van der Waals surface area contributed by atoms with E-state index in [2.05, 4.69) is 15.3 Å². The van der Waals surface area contributed by atoms with E-state index in [4.69, 9.17) is 0 Å². The van der Waals surface area contributed by atoms with Crippen LogP contribution in [0.4, 0.5) is 27.8 Å². The maximum absolute atomic E-state index is 13.4. The summed E-state index contributed by atoms with van der Waals surface area (Å²) in [5, 5.41) is 3.15. The van der Waals surface area contributed by atoms with Crippen LogP contribution in [-0.2, 0) is 5.92 Å². The zero-order valence-corrected chi connectivity index (χ0v) is 11.0. The van der Waals surface area contributed by atoms with Crippen molar-refractivity contribution in [3.8, 4) is 0 Å². The number of nitrogens with zero attached hydrogens (tertiary/aromatic N) is 2. The Morgan fingerprint density at radius 1 is 1.05 bits per heavy atom. The van der Waals surface area contributed by atoms with E-state index >= 15 is 0 Å². The summed E-state index contributed by atoms with van der Waals surface area (Å²) in [6.07, 6.45) is -5.07. The van der Waals surface area contributed by atoms with Gasteiger partial charge in [-0.15, -0.1) is 0 Å². The molecule has 0 aliphatic carbocycles. The lowest BCUT2D eigenvalue weighted by molar-refractivity contribution is -0.292. The Morgan fingerprint density at radius 3 is 2.33 bits per heavy atom. The second-order valence-electron chi connectivity index (χ2n) is 4.41. The molecule has 0 aliphatic rings. The molecule has 0 amide bonds. The molecule has 0 atom stereocenters. The van der Waals surface area contributed by atoms with Gasteiger partial charge in [0.2, 0.25) is 5.82 Å². The van der Waals surface area contributed by atoms with E-state index < -0.39 is 17.9 Å². The second-order valence-corrected chi connectivity index (χ2v) is 4.41. The number of halogens is 5. The zero-order chi connectivity index (χ0) is 15.7. The van der Waals surface area contributed by atoms with E-state index in [1.54, 1.807) is 12.1 Å². The third-order valence-electron chi connectivity index (χ3n) is 2.78. The average Bonchev–Trinajstić information content (AvgIpc) is 2.43. The smallest absolute Gasteiger partial charge is 0.369 e. The molecule has 21 heavy (non-hydrogen) atoms. The van der Waals surface area contributed by atoms with E-state index in [1.165, 1.54) is 12.1 Å². The van der Waals surface area contributed by atoms with Gasteiger partial charge in [-0.1, -0.05) is 19.1 Å². The SMILES string of the molecule is CCCNc1nc(C(F)(F)C(F)(F)F)nc2ccccc12. The van der Waals surface area contributed by atoms with Gasteiger partial charge in [0, 0.05) is 11.9 Å². The minimum absolute atomic E-state index is 0.0265. The molecule has 0 spiro atoms.